The molecular weight excluding hydrogens is 359 g/mol. The van der Waals surface area contributed by atoms with Gasteiger partial charge in [-0.25, -0.2) is 4.39 Å². The first-order valence-electron chi connectivity index (χ1n) is 11.6. The molecule has 0 heterocycles. The number of hydrogen-bond acceptors (Lipinski definition) is 1. The number of methoxy groups -OCH3 is 1. The van der Waals surface area contributed by atoms with Crippen molar-refractivity contribution in [3.8, 4) is 5.75 Å². The molecule has 0 unspecified atom stereocenters. The molecular formula is C27H35FO. The van der Waals surface area contributed by atoms with E-state index in [1.807, 2.05) is 12.1 Å². The lowest BCUT2D eigenvalue weighted by Gasteiger charge is -2.37. The lowest BCUT2D eigenvalue weighted by atomic mass is 9.68. The zero-order valence-electron chi connectivity index (χ0n) is 17.8. The molecule has 0 radical (unpaired) electrons. The predicted molar refractivity (Wildman–Crippen MR) is 120 cm³/mol. The van der Waals surface area contributed by atoms with Gasteiger partial charge in [0.1, 0.15) is 0 Å². The van der Waals surface area contributed by atoms with E-state index < -0.39 is 0 Å². The summed E-state index contributed by atoms with van der Waals surface area (Å²) in [6.45, 7) is 3.98. The fraction of sp³-hybridized carbons (Fsp3) is 0.556. The van der Waals surface area contributed by atoms with Crippen molar-refractivity contribution in [2.24, 2.45) is 23.7 Å². The highest BCUT2D eigenvalue weighted by atomic mass is 19.1. The monoisotopic (exact) mass is 394 g/mol. The van der Waals surface area contributed by atoms with Gasteiger partial charge in [0.2, 0.25) is 0 Å². The van der Waals surface area contributed by atoms with E-state index in [4.69, 9.17) is 4.74 Å². The average molecular weight is 395 g/mol. The van der Waals surface area contributed by atoms with Crippen LogP contribution in [0.1, 0.15) is 63.4 Å². The third kappa shape index (κ3) is 4.68. The summed E-state index contributed by atoms with van der Waals surface area (Å²) >= 11 is 0. The van der Waals surface area contributed by atoms with E-state index in [9.17, 15) is 4.39 Å². The average Bonchev–Trinajstić information content (AvgIpc) is 2.78. The summed E-state index contributed by atoms with van der Waals surface area (Å²) in [5.74, 6) is 3.64. The van der Waals surface area contributed by atoms with Crippen molar-refractivity contribution in [1.29, 1.82) is 0 Å². The number of halogens is 1. The largest absolute Gasteiger partial charge is 0.494 e. The standard InChI is InChI=1S/C27H35FO/c1-3-19-6-11-22(12-7-19)23-13-8-20(9-14-23)4-5-21-10-16-25-24(18-21)15-17-26(29-2)27(25)28/h3,10,15-20,22-23H,1,4-9,11-14H2,2H3. The Labute approximate surface area is 175 Å². The van der Waals surface area contributed by atoms with Crippen LogP contribution < -0.4 is 4.74 Å². The third-order valence-corrected chi connectivity index (χ3v) is 7.75. The van der Waals surface area contributed by atoms with Gasteiger partial charge in [-0.3, -0.25) is 0 Å². The summed E-state index contributed by atoms with van der Waals surface area (Å²) in [5.41, 5.74) is 1.33. The second kappa shape index (κ2) is 9.32. The first kappa shape index (κ1) is 20.4. The molecule has 2 aliphatic carbocycles. The zero-order chi connectivity index (χ0) is 20.2. The maximum absolute atomic E-state index is 14.4. The van der Waals surface area contributed by atoms with E-state index >= 15 is 0 Å². The Morgan fingerprint density at radius 1 is 0.966 bits per heavy atom. The summed E-state index contributed by atoms with van der Waals surface area (Å²) in [6, 6.07) is 9.85. The van der Waals surface area contributed by atoms with Crippen LogP contribution in [0.5, 0.6) is 5.75 Å². The quantitative estimate of drug-likeness (QED) is 0.456. The molecule has 2 aliphatic rings. The molecule has 2 fully saturated rings. The van der Waals surface area contributed by atoms with Gasteiger partial charge in [0.25, 0.3) is 0 Å². The molecule has 0 amide bonds. The minimum absolute atomic E-state index is 0.253. The maximum atomic E-state index is 14.4. The molecule has 0 atom stereocenters. The summed E-state index contributed by atoms with van der Waals surface area (Å²) in [7, 11) is 1.51. The number of benzene rings is 2. The van der Waals surface area contributed by atoms with E-state index in [1.165, 1.54) is 70.5 Å². The van der Waals surface area contributed by atoms with Crippen molar-refractivity contribution in [2.75, 3.05) is 7.11 Å². The molecule has 2 aromatic rings. The highest BCUT2D eigenvalue weighted by molar-refractivity contribution is 5.85. The van der Waals surface area contributed by atoms with Gasteiger partial charge >= 0.3 is 0 Å². The maximum Gasteiger partial charge on any atom is 0.172 e. The minimum Gasteiger partial charge on any atom is -0.494 e. The number of rotatable bonds is 6. The lowest BCUT2D eigenvalue weighted by molar-refractivity contribution is 0.153. The Bertz CT molecular complexity index is 826. The van der Waals surface area contributed by atoms with Crippen LogP contribution in [0.15, 0.2) is 43.0 Å². The smallest absolute Gasteiger partial charge is 0.172 e. The lowest BCUT2D eigenvalue weighted by Crippen LogP contribution is -2.25. The number of fused-ring (bicyclic) bond motifs is 1. The number of ether oxygens (including phenoxy) is 1. The van der Waals surface area contributed by atoms with Crippen LogP contribution in [-0.2, 0) is 6.42 Å². The van der Waals surface area contributed by atoms with Crippen molar-refractivity contribution in [3.63, 3.8) is 0 Å². The second-order valence-corrected chi connectivity index (χ2v) is 9.37. The summed E-state index contributed by atoms with van der Waals surface area (Å²) in [6.07, 6.45) is 15.7. The second-order valence-electron chi connectivity index (χ2n) is 9.37. The molecule has 29 heavy (non-hydrogen) atoms. The van der Waals surface area contributed by atoms with Crippen molar-refractivity contribution in [1.82, 2.24) is 0 Å². The molecule has 0 aliphatic heterocycles. The van der Waals surface area contributed by atoms with Crippen LogP contribution in [0, 0.1) is 29.5 Å². The van der Waals surface area contributed by atoms with Crippen LogP contribution in [0.2, 0.25) is 0 Å². The molecule has 0 bridgehead atoms. The fourth-order valence-electron chi connectivity index (χ4n) is 5.81. The van der Waals surface area contributed by atoms with E-state index in [0.29, 0.717) is 11.1 Å². The molecule has 0 spiro atoms. The van der Waals surface area contributed by atoms with Crippen LogP contribution in [0.3, 0.4) is 0 Å². The molecule has 156 valence electrons. The highest BCUT2D eigenvalue weighted by Gasteiger charge is 2.30. The van der Waals surface area contributed by atoms with Gasteiger partial charge in [-0.2, -0.15) is 0 Å². The molecule has 0 N–H and O–H groups in total. The predicted octanol–water partition coefficient (Wildman–Crippen LogP) is 7.72. The molecule has 0 saturated heterocycles. The molecule has 1 nitrogen and oxygen atoms in total. The van der Waals surface area contributed by atoms with Crippen LogP contribution in [0.4, 0.5) is 4.39 Å². The molecule has 0 aromatic heterocycles. The zero-order valence-corrected chi connectivity index (χ0v) is 17.8. The molecule has 2 aromatic carbocycles. The van der Waals surface area contributed by atoms with Crippen LogP contribution in [-0.4, -0.2) is 7.11 Å². The SMILES string of the molecule is C=CC1CCC(C2CCC(CCc3ccc4c(F)c(OC)ccc4c3)CC2)CC1. The summed E-state index contributed by atoms with van der Waals surface area (Å²) in [5, 5.41) is 1.62. The fourth-order valence-corrected chi connectivity index (χ4v) is 5.81. The molecule has 4 rings (SSSR count). The van der Waals surface area contributed by atoms with Gasteiger partial charge in [-0.05, 0) is 92.1 Å². The van der Waals surface area contributed by atoms with Gasteiger partial charge < -0.3 is 4.74 Å². The van der Waals surface area contributed by atoms with Gasteiger partial charge in [0, 0.05) is 5.39 Å². The van der Waals surface area contributed by atoms with E-state index in [1.54, 1.807) is 6.07 Å². The Morgan fingerprint density at radius 2 is 1.66 bits per heavy atom. The molecule has 2 heteroatoms. The van der Waals surface area contributed by atoms with Gasteiger partial charge in [0.15, 0.2) is 11.6 Å². The number of hydrogen-bond donors (Lipinski definition) is 0. The van der Waals surface area contributed by atoms with Crippen molar-refractivity contribution in [3.05, 3.63) is 54.4 Å². The van der Waals surface area contributed by atoms with Crippen molar-refractivity contribution >= 4 is 10.8 Å². The highest BCUT2D eigenvalue weighted by Crippen LogP contribution is 2.42. The van der Waals surface area contributed by atoms with Gasteiger partial charge in [-0.15, -0.1) is 6.58 Å². The first-order chi connectivity index (χ1) is 14.2. The Balaban J connectivity index is 1.28. The number of allylic oxidation sites excluding steroid dienone is 1. The summed E-state index contributed by atoms with van der Waals surface area (Å²) < 4.78 is 19.5. The molecule has 2 saturated carbocycles. The normalized spacial score (nSPS) is 27.7. The van der Waals surface area contributed by atoms with Gasteiger partial charge in [0.05, 0.1) is 7.11 Å². The third-order valence-electron chi connectivity index (χ3n) is 7.75. The van der Waals surface area contributed by atoms with Gasteiger partial charge in [-0.1, -0.05) is 43.2 Å². The topological polar surface area (TPSA) is 9.23 Å². The van der Waals surface area contributed by atoms with Crippen molar-refractivity contribution < 1.29 is 9.13 Å². The van der Waals surface area contributed by atoms with Crippen LogP contribution >= 0.6 is 0 Å². The number of aryl methyl sites for hydroxylation is 1. The van der Waals surface area contributed by atoms with Crippen molar-refractivity contribution in [2.45, 2.75) is 64.2 Å². The Hall–Kier alpha value is -1.83. The first-order valence-corrected chi connectivity index (χ1v) is 11.6. The van der Waals surface area contributed by atoms with E-state index in [0.717, 1.165) is 35.5 Å². The van der Waals surface area contributed by atoms with Crippen LogP contribution in [0.25, 0.3) is 10.8 Å². The summed E-state index contributed by atoms with van der Waals surface area (Å²) in [4.78, 5) is 0. The minimum atomic E-state index is -0.253. The Kier molecular flexibility index (Phi) is 6.57. The van der Waals surface area contributed by atoms with E-state index in [-0.39, 0.29) is 5.82 Å². The Morgan fingerprint density at radius 3 is 2.31 bits per heavy atom. The van der Waals surface area contributed by atoms with E-state index in [2.05, 4.69) is 24.8 Å².